The van der Waals surface area contributed by atoms with E-state index >= 15 is 0 Å². The van der Waals surface area contributed by atoms with E-state index < -0.39 is 40.4 Å². The summed E-state index contributed by atoms with van der Waals surface area (Å²) in [5.74, 6) is 0. The Morgan fingerprint density at radius 3 is 0.482 bits per heavy atom. The van der Waals surface area contributed by atoms with Crippen LogP contribution in [0.1, 0.15) is 70.2 Å². The van der Waals surface area contributed by atoms with Gasteiger partial charge in [-0.05, 0) is 113 Å². The van der Waals surface area contributed by atoms with E-state index in [4.69, 9.17) is 0 Å². The van der Waals surface area contributed by atoms with Crippen molar-refractivity contribution in [1.29, 1.82) is 0 Å². The molecule has 0 atom stereocenters. The molecule has 0 aliphatic carbocycles. The maximum absolute atomic E-state index is 3.85. The molecule has 4 aromatic rings. The van der Waals surface area contributed by atoms with Crippen LogP contribution in [0.4, 0.5) is 0 Å². The zero-order chi connectivity index (χ0) is 60.7. The van der Waals surface area contributed by atoms with Crippen molar-refractivity contribution >= 4 is 61.1 Å². The molecule has 0 spiro atoms. The number of benzene rings is 4. The molecule has 8 nitrogen and oxygen atoms in total. The van der Waals surface area contributed by atoms with Gasteiger partial charge in [-0.2, -0.15) is 93.5 Å². The summed E-state index contributed by atoms with van der Waals surface area (Å²) in [5, 5.41) is 6.51. The van der Waals surface area contributed by atoms with Gasteiger partial charge in [-0.15, -0.1) is 44.5 Å². The van der Waals surface area contributed by atoms with Gasteiger partial charge in [0.25, 0.3) is 0 Å². The van der Waals surface area contributed by atoms with E-state index in [9.17, 15) is 0 Å². The van der Waals surface area contributed by atoms with Crippen LogP contribution in [0.5, 0.6) is 0 Å². The molecule has 85 heavy (non-hydrogen) atoms. The fourth-order valence-electron chi connectivity index (χ4n) is 12.7. The van der Waals surface area contributed by atoms with Crippen LogP contribution in [0.15, 0.2) is 48.5 Å². The standard InChI is InChI=1S/C68H120N8Si5.4Li/c1-69(2)49-57-37-58(50-70(3)4)42-65(41-57)77(17,18)29-25-33-81(34-26-30-78(19,20)66-43-59(51-71(5)6)38-60(44-66)52-72(7)8,35-27-31-79(21,22)67-45-61(53-73(9)10)39-62(46-67)54-74(11)12)36-28-32-80(23,24)68-47-63(55-75(13)14)40-64(48-68)56-76(15)16;;;;/h41-48H,25-36,49-56H2,1-24H3;;;;/q-4;4*+1. The smallest absolute Gasteiger partial charge is 0.307 e. The van der Waals surface area contributed by atoms with Crippen LogP contribution >= 0.6 is 0 Å². The zero-order valence-electron chi connectivity index (χ0n) is 60.8. The van der Waals surface area contributed by atoms with E-state index in [1.807, 2.05) is 0 Å². The molecule has 0 fully saturated rings. The molecule has 0 saturated heterocycles. The molecule has 17 heteroatoms. The zero-order valence-corrected chi connectivity index (χ0v) is 65.8. The van der Waals surface area contributed by atoms with Gasteiger partial charge >= 0.3 is 75.4 Å². The number of hydrogen-bond donors (Lipinski definition) is 0. The minimum atomic E-state index is -1.85. The monoisotopic (exact) mass is 1220 g/mol. The van der Waals surface area contributed by atoms with Crippen molar-refractivity contribution in [2.75, 3.05) is 113 Å². The Balaban J connectivity index is 0.0000176. The van der Waals surface area contributed by atoms with Crippen molar-refractivity contribution in [3.63, 3.8) is 0 Å². The maximum atomic E-state index is 3.85. The summed E-state index contributed by atoms with van der Waals surface area (Å²) in [5.41, 5.74) is 10.8. The first kappa shape index (κ1) is 85.0. The second-order valence-electron chi connectivity index (χ2n) is 30.0. The predicted octanol–water partition coefficient (Wildman–Crippen LogP) is -0.832. The van der Waals surface area contributed by atoms with Gasteiger partial charge in [-0.25, -0.2) is 0 Å². The first-order chi connectivity index (χ1) is 37.6. The van der Waals surface area contributed by atoms with Crippen molar-refractivity contribution in [1.82, 2.24) is 39.2 Å². The fourth-order valence-corrected chi connectivity index (χ4v) is 29.2. The molecule has 0 bridgehead atoms. The molecule has 0 radical (unpaired) electrons. The van der Waals surface area contributed by atoms with Crippen LogP contribution in [0.3, 0.4) is 0 Å². The summed E-state index contributed by atoms with van der Waals surface area (Å²) in [6, 6.07) is 47.1. The van der Waals surface area contributed by atoms with Crippen molar-refractivity contribution in [3.05, 3.63) is 117 Å². The van der Waals surface area contributed by atoms with Crippen LogP contribution in [-0.2, 0) is 52.4 Å². The molecular formula is C68H120Li4N8Si5. The summed E-state index contributed by atoms with van der Waals surface area (Å²) < 4.78 is 0. The van der Waals surface area contributed by atoms with Crippen LogP contribution in [0.25, 0.3) is 0 Å². The summed E-state index contributed by atoms with van der Waals surface area (Å²) >= 11 is 0. The maximum Gasteiger partial charge on any atom is 1.00 e. The topological polar surface area (TPSA) is 25.9 Å². The molecule has 0 aliphatic heterocycles. The Bertz CT molecular complexity index is 2090. The van der Waals surface area contributed by atoms with E-state index in [2.05, 4.69) is 277 Å². The van der Waals surface area contributed by atoms with E-state index in [0.717, 1.165) is 52.4 Å². The second-order valence-corrected chi connectivity index (χ2v) is 54.4. The minimum Gasteiger partial charge on any atom is -0.307 e. The van der Waals surface area contributed by atoms with E-state index in [1.165, 1.54) is 119 Å². The van der Waals surface area contributed by atoms with E-state index in [-0.39, 0.29) is 75.4 Å². The third-order valence-electron chi connectivity index (χ3n) is 17.0. The van der Waals surface area contributed by atoms with Gasteiger partial charge in [-0.1, -0.05) is 126 Å². The van der Waals surface area contributed by atoms with Gasteiger partial charge < -0.3 is 39.2 Å². The van der Waals surface area contributed by atoms with E-state index in [0.29, 0.717) is 0 Å². The van der Waals surface area contributed by atoms with Gasteiger partial charge in [0.1, 0.15) is 0 Å². The van der Waals surface area contributed by atoms with Crippen molar-refractivity contribution < 1.29 is 75.4 Å². The molecule has 0 heterocycles. The van der Waals surface area contributed by atoms with Crippen molar-refractivity contribution in [2.24, 2.45) is 0 Å². The summed E-state index contributed by atoms with van der Waals surface area (Å²) in [6.07, 6.45) is 5.45. The fraction of sp³-hybridized carbons (Fsp3) is 0.647. The predicted molar refractivity (Wildman–Crippen MR) is 371 cm³/mol. The third-order valence-corrected chi connectivity index (χ3v) is 36.5. The molecule has 0 aromatic heterocycles. The molecule has 0 aliphatic rings. The van der Waals surface area contributed by atoms with Gasteiger partial charge in [0.15, 0.2) is 0 Å². The average molecular weight is 1220 g/mol. The van der Waals surface area contributed by atoms with Crippen LogP contribution < -0.4 is 96.2 Å². The number of hydrogen-bond acceptors (Lipinski definition) is 8. The molecule has 0 amide bonds. The largest absolute Gasteiger partial charge is 1.00 e. The van der Waals surface area contributed by atoms with Crippen LogP contribution in [0.2, 0.25) is 101 Å². The first-order valence-electron chi connectivity index (χ1n) is 31.0. The number of nitrogens with zero attached hydrogens (tertiary/aromatic N) is 8. The molecule has 0 unspecified atom stereocenters. The molecule has 4 rings (SSSR count). The Labute approximate surface area is 579 Å². The molecule has 4 aromatic carbocycles. The van der Waals surface area contributed by atoms with Gasteiger partial charge in [0, 0.05) is 52.4 Å². The average Bonchev–Trinajstić information content (AvgIpc) is 3.29. The molecule has 0 N–H and O–H groups in total. The van der Waals surface area contributed by atoms with Crippen LogP contribution in [0, 0.1) is 24.3 Å². The number of rotatable bonds is 36. The van der Waals surface area contributed by atoms with Crippen LogP contribution in [-0.4, -0.2) is 192 Å². The normalized spacial score (nSPS) is 12.7. The summed E-state index contributed by atoms with van der Waals surface area (Å²) in [4.78, 5) is 18.5. The summed E-state index contributed by atoms with van der Waals surface area (Å²) in [6.45, 7) is 29.0. The van der Waals surface area contributed by atoms with E-state index in [1.54, 1.807) is 20.7 Å². The first-order valence-corrected chi connectivity index (χ1v) is 46.6. The second kappa shape index (κ2) is 38.9. The quantitative estimate of drug-likeness (QED) is 0.0431. The molecular weight excluding hydrogens is 1100 g/mol. The minimum absolute atomic E-state index is 0. The van der Waals surface area contributed by atoms with Crippen molar-refractivity contribution in [2.45, 2.75) is 179 Å². The van der Waals surface area contributed by atoms with Gasteiger partial charge in [-0.3, -0.25) is 0 Å². The Hall–Kier alpha value is 0.0340. The third kappa shape index (κ3) is 30.6. The molecule has 456 valence electrons. The Morgan fingerprint density at radius 1 is 0.235 bits per heavy atom. The Morgan fingerprint density at radius 2 is 0.365 bits per heavy atom. The SMILES string of the molecule is CN(C)Cc1[c-]c(CN(C)C)cc([Si](C)(C)CCC[Si](CCC[Si](C)(C)c2cc(CN(C)C)[c-]c(CN(C)C)c2)(CCC[Si](C)(C)c2cc(CN(C)C)[c-]c(CN(C)C)c2)CCC[Si](C)(C)c2cc(CN(C)C)[c-]c(CN(C)C)c2)c1.[Li+].[Li+].[Li+].[Li+]. The van der Waals surface area contributed by atoms with Crippen molar-refractivity contribution in [3.8, 4) is 0 Å². The van der Waals surface area contributed by atoms with Gasteiger partial charge in [0.2, 0.25) is 0 Å². The summed E-state index contributed by atoms with van der Waals surface area (Å²) in [7, 11) is 26.1. The molecule has 0 saturated carbocycles. The van der Waals surface area contributed by atoms with Gasteiger partial charge in [0.05, 0.1) is 40.4 Å². The Kier molecular flexibility index (Phi) is 38.9.